The number of amides is 3. The lowest BCUT2D eigenvalue weighted by atomic mass is 9.84. The van der Waals surface area contributed by atoms with E-state index < -0.39 is 35.6 Å². The van der Waals surface area contributed by atoms with E-state index in [2.05, 4.69) is 15.6 Å². The van der Waals surface area contributed by atoms with Crippen LogP contribution < -0.4 is 10.6 Å². The maximum absolute atomic E-state index is 13.6. The Kier molecular flexibility index (Phi) is 8.23. The molecule has 1 aromatic carbocycles. The molecule has 5 rings (SSSR count). The number of nitrogens with zero attached hydrogens (tertiary/aromatic N) is 2. The summed E-state index contributed by atoms with van der Waals surface area (Å²) in [5.41, 5.74) is 1.36. The molecule has 1 aromatic heterocycles. The van der Waals surface area contributed by atoms with Gasteiger partial charge in [0.15, 0.2) is 0 Å². The number of fused-ring (bicyclic) bond motifs is 1. The predicted molar refractivity (Wildman–Crippen MR) is 142 cm³/mol. The monoisotopic (exact) mass is 552 g/mol. The Morgan fingerprint density at radius 1 is 1.00 bits per heavy atom. The molecule has 212 valence electrons. The smallest absolute Gasteiger partial charge is 0.289 e. The molecular formula is C30H34F2N4O4. The molecule has 0 radical (unpaired) electrons. The molecule has 4 atom stereocenters. The van der Waals surface area contributed by atoms with Gasteiger partial charge >= 0.3 is 0 Å². The maximum Gasteiger partial charge on any atom is 0.289 e. The summed E-state index contributed by atoms with van der Waals surface area (Å²) in [6.45, 7) is 0.0682. The van der Waals surface area contributed by atoms with Crippen molar-refractivity contribution in [2.75, 3.05) is 0 Å². The van der Waals surface area contributed by atoms with Gasteiger partial charge in [0.2, 0.25) is 23.5 Å². The summed E-state index contributed by atoms with van der Waals surface area (Å²) in [5.74, 6) is -4.84. The number of likely N-dealkylation sites (tertiary alicyclic amines) is 1. The van der Waals surface area contributed by atoms with Crippen molar-refractivity contribution >= 4 is 23.5 Å². The van der Waals surface area contributed by atoms with Crippen molar-refractivity contribution in [1.82, 2.24) is 20.5 Å². The topological polar surface area (TPSA) is 108 Å². The Labute approximate surface area is 231 Å². The highest BCUT2D eigenvalue weighted by Crippen LogP contribution is 2.49. The quantitative estimate of drug-likeness (QED) is 0.440. The van der Waals surface area contributed by atoms with Gasteiger partial charge in [-0.25, -0.2) is 8.78 Å². The molecule has 3 fully saturated rings. The van der Waals surface area contributed by atoms with Crippen molar-refractivity contribution in [3.8, 4) is 0 Å². The van der Waals surface area contributed by atoms with Crippen LogP contribution >= 0.6 is 0 Å². The highest BCUT2D eigenvalue weighted by Gasteiger charge is 2.56. The molecule has 2 saturated carbocycles. The van der Waals surface area contributed by atoms with Crippen molar-refractivity contribution in [2.24, 2.45) is 11.8 Å². The second-order valence-electron chi connectivity index (χ2n) is 11.2. The van der Waals surface area contributed by atoms with Crippen molar-refractivity contribution in [1.29, 1.82) is 0 Å². The van der Waals surface area contributed by atoms with Crippen molar-refractivity contribution in [3.63, 3.8) is 0 Å². The van der Waals surface area contributed by atoms with Gasteiger partial charge in [0, 0.05) is 37.9 Å². The molecular weight excluding hydrogens is 518 g/mol. The van der Waals surface area contributed by atoms with E-state index >= 15 is 0 Å². The molecule has 2 heterocycles. The second-order valence-corrected chi connectivity index (χ2v) is 11.2. The second kappa shape index (κ2) is 11.8. The summed E-state index contributed by atoms with van der Waals surface area (Å²) in [6.07, 6.45) is 3.31. The van der Waals surface area contributed by atoms with Crippen LogP contribution in [-0.2, 0) is 32.1 Å². The number of piperidine rings is 1. The maximum atomic E-state index is 13.6. The van der Waals surface area contributed by atoms with Gasteiger partial charge in [-0.1, -0.05) is 36.4 Å². The Balaban J connectivity index is 1.24. The van der Waals surface area contributed by atoms with Crippen molar-refractivity contribution in [3.05, 3.63) is 66.0 Å². The number of carbonyl (C=O) groups is 4. The van der Waals surface area contributed by atoms with Crippen LogP contribution in [0.25, 0.3) is 0 Å². The molecule has 3 aliphatic rings. The number of hydrogen-bond donors (Lipinski definition) is 2. The number of Topliss-reactive ketones (excluding diaryl/α,β-unsaturated/α-hetero) is 1. The van der Waals surface area contributed by atoms with Gasteiger partial charge in [0.25, 0.3) is 5.91 Å². The molecule has 2 N–H and O–H groups in total. The number of pyridine rings is 1. The zero-order valence-corrected chi connectivity index (χ0v) is 22.2. The Morgan fingerprint density at radius 3 is 2.42 bits per heavy atom. The molecule has 1 aliphatic heterocycles. The van der Waals surface area contributed by atoms with Crippen molar-refractivity contribution < 1.29 is 28.0 Å². The largest absolute Gasteiger partial charge is 0.344 e. The summed E-state index contributed by atoms with van der Waals surface area (Å²) in [4.78, 5) is 58.6. The fraction of sp³-hybridized carbons (Fsp3) is 0.500. The standard InChI is InChI=1S/C30H34F2N4O4/c31-30(32)11-9-20(10-12-30)15-26(37)36-24-16-21(24)17-25(36)28(39)35-23(14-19-6-2-1-3-7-19)27(38)29(40)34-18-22-8-4-5-13-33-22/h1-8,13,20-21,23-25H,9-12,14-18H2,(H,34,40)(H,35,39)/t21-,23+,24-,25+/m0/s1. The number of carbonyl (C=O) groups excluding carboxylic acids is 4. The Hall–Kier alpha value is -3.69. The van der Waals surface area contributed by atoms with Gasteiger partial charge in [-0.05, 0) is 55.2 Å². The first-order valence-electron chi connectivity index (χ1n) is 14.0. The van der Waals surface area contributed by atoms with E-state index in [1.807, 2.05) is 30.3 Å². The number of ketones is 1. The number of benzene rings is 1. The highest BCUT2D eigenvalue weighted by molar-refractivity contribution is 6.38. The average Bonchev–Trinajstić information content (AvgIpc) is 3.61. The first-order valence-corrected chi connectivity index (χ1v) is 14.0. The number of nitrogens with one attached hydrogen (secondary N) is 2. The normalized spacial score (nSPS) is 24.1. The first kappa shape index (κ1) is 27.9. The van der Waals surface area contributed by atoms with Gasteiger partial charge < -0.3 is 15.5 Å². The van der Waals surface area contributed by atoms with E-state index in [0.29, 0.717) is 25.0 Å². The van der Waals surface area contributed by atoms with Crippen LogP contribution in [0.2, 0.25) is 0 Å². The van der Waals surface area contributed by atoms with Crippen LogP contribution in [0, 0.1) is 11.8 Å². The lowest BCUT2D eigenvalue weighted by molar-refractivity contribution is -0.143. The van der Waals surface area contributed by atoms with Gasteiger partial charge in [0.1, 0.15) is 12.1 Å². The van der Waals surface area contributed by atoms with E-state index in [4.69, 9.17) is 0 Å². The zero-order chi connectivity index (χ0) is 28.3. The minimum absolute atomic E-state index is 0.0294. The van der Waals surface area contributed by atoms with Gasteiger partial charge in [-0.2, -0.15) is 0 Å². The first-order chi connectivity index (χ1) is 19.2. The predicted octanol–water partition coefficient (Wildman–Crippen LogP) is 3.20. The highest BCUT2D eigenvalue weighted by atomic mass is 19.3. The lowest BCUT2D eigenvalue weighted by Crippen LogP contribution is -2.55. The summed E-state index contributed by atoms with van der Waals surface area (Å²) < 4.78 is 27.2. The Morgan fingerprint density at radius 2 is 1.73 bits per heavy atom. The summed E-state index contributed by atoms with van der Waals surface area (Å²) >= 11 is 0. The molecule has 8 nitrogen and oxygen atoms in total. The minimum atomic E-state index is -2.67. The Bertz CT molecular complexity index is 1230. The van der Waals surface area contributed by atoms with E-state index in [-0.39, 0.29) is 56.0 Å². The van der Waals surface area contributed by atoms with E-state index in [0.717, 1.165) is 12.0 Å². The number of halogens is 2. The van der Waals surface area contributed by atoms with E-state index in [9.17, 15) is 28.0 Å². The number of alkyl halides is 2. The third kappa shape index (κ3) is 6.71. The molecule has 2 aliphatic carbocycles. The van der Waals surface area contributed by atoms with Crippen LogP contribution in [0.4, 0.5) is 8.78 Å². The van der Waals surface area contributed by atoms with E-state index in [1.165, 1.54) is 0 Å². The zero-order valence-electron chi connectivity index (χ0n) is 22.2. The fourth-order valence-corrected chi connectivity index (χ4v) is 5.95. The number of rotatable bonds is 10. The molecule has 0 bridgehead atoms. The third-order valence-corrected chi connectivity index (χ3v) is 8.29. The molecule has 3 amide bonds. The number of hydrogen-bond acceptors (Lipinski definition) is 5. The summed E-state index contributed by atoms with van der Waals surface area (Å²) in [6, 6.07) is 12.4. The van der Waals surface area contributed by atoms with Crippen LogP contribution in [0.5, 0.6) is 0 Å². The SMILES string of the molecule is O=C(NCc1ccccn1)C(=O)[C@@H](Cc1ccccc1)NC(=O)[C@H]1C[C@@H]2C[C@@H]2N1C(=O)CC1CCC(F)(F)CC1. The molecule has 10 heteroatoms. The fourth-order valence-electron chi connectivity index (χ4n) is 5.95. The van der Waals surface area contributed by atoms with Gasteiger partial charge in [0.05, 0.1) is 12.2 Å². The van der Waals surface area contributed by atoms with Crippen LogP contribution in [-0.4, -0.2) is 57.4 Å². The summed E-state index contributed by atoms with van der Waals surface area (Å²) in [5, 5.41) is 5.35. The molecule has 40 heavy (non-hydrogen) atoms. The van der Waals surface area contributed by atoms with Crippen LogP contribution in [0.15, 0.2) is 54.7 Å². The van der Waals surface area contributed by atoms with E-state index in [1.54, 1.807) is 29.3 Å². The molecule has 0 unspecified atom stereocenters. The lowest BCUT2D eigenvalue weighted by Gasteiger charge is -2.32. The average molecular weight is 553 g/mol. The molecule has 0 spiro atoms. The van der Waals surface area contributed by atoms with Crippen LogP contribution in [0.3, 0.4) is 0 Å². The van der Waals surface area contributed by atoms with Crippen molar-refractivity contribution in [2.45, 2.75) is 82.0 Å². The minimum Gasteiger partial charge on any atom is -0.344 e. The van der Waals surface area contributed by atoms with Gasteiger partial charge in [-0.15, -0.1) is 0 Å². The molecule has 2 aromatic rings. The molecule has 1 saturated heterocycles. The number of aromatic nitrogens is 1. The third-order valence-electron chi connectivity index (χ3n) is 8.29. The van der Waals surface area contributed by atoms with Crippen LogP contribution in [0.1, 0.15) is 56.2 Å². The summed E-state index contributed by atoms with van der Waals surface area (Å²) in [7, 11) is 0. The van der Waals surface area contributed by atoms with Gasteiger partial charge in [-0.3, -0.25) is 24.2 Å².